The fraction of sp³-hybridized carbons (Fsp3) is 0.391. The van der Waals surface area contributed by atoms with Crippen LogP contribution in [0.5, 0.6) is 0 Å². The van der Waals surface area contributed by atoms with Gasteiger partial charge < -0.3 is 14.6 Å². The second-order valence-electron chi connectivity index (χ2n) is 7.60. The van der Waals surface area contributed by atoms with Gasteiger partial charge in [0.15, 0.2) is 0 Å². The fourth-order valence-electron chi connectivity index (χ4n) is 3.61. The lowest BCUT2D eigenvalue weighted by molar-refractivity contribution is -0.142. The predicted octanol–water partition coefficient (Wildman–Crippen LogP) is 5.46. The summed E-state index contributed by atoms with van der Waals surface area (Å²) < 4.78 is 10.6. The number of halogens is 1. The molecule has 0 atom stereocenters. The molecule has 1 aliphatic rings. The summed E-state index contributed by atoms with van der Waals surface area (Å²) in [4.78, 5) is 22.6. The van der Waals surface area contributed by atoms with Crippen LogP contribution in [0.4, 0.5) is 10.5 Å². The van der Waals surface area contributed by atoms with E-state index < -0.39 is 12.1 Å². The molecule has 2 N–H and O–H groups in total. The van der Waals surface area contributed by atoms with Crippen LogP contribution in [0.3, 0.4) is 0 Å². The highest BCUT2D eigenvalue weighted by Crippen LogP contribution is 2.29. The molecule has 0 spiro atoms. The van der Waals surface area contributed by atoms with Crippen LogP contribution in [0.15, 0.2) is 48.5 Å². The van der Waals surface area contributed by atoms with Gasteiger partial charge in [0, 0.05) is 10.7 Å². The van der Waals surface area contributed by atoms with Crippen molar-refractivity contribution in [1.82, 2.24) is 0 Å². The topological polar surface area (TPSA) is 84.9 Å². The molecule has 0 unspecified atom stereocenters. The van der Waals surface area contributed by atoms with E-state index in [1.807, 2.05) is 48.5 Å². The first-order valence-corrected chi connectivity index (χ1v) is 10.5. The molecule has 1 fully saturated rings. The monoisotopic (exact) mass is 431 g/mol. The first kappa shape index (κ1) is 22.1. The number of ether oxygens (including phenoxy) is 2. The normalized spacial score (nSPS) is 18.6. The molecule has 0 aliphatic heterocycles. The Bertz CT molecular complexity index is 830. The van der Waals surface area contributed by atoms with Crippen molar-refractivity contribution in [2.24, 2.45) is 11.8 Å². The van der Waals surface area contributed by atoms with Gasteiger partial charge >= 0.3 is 12.1 Å². The molecule has 2 aromatic carbocycles. The van der Waals surface area contributed by atoms with Gasteiger partial charge in [0.1, 0.15) is 6.61 Å². The number of carbonyl (C=O) groups excluding carboxylic acids is 1. The molecule has 1 saturated carbocycles. The summed E-state index contributed by atoms with van der Waals surface area (Å²) in [6.45, 7) is 0.619. The predicted molar refractivity (Wildman–Crippen MR) is 116 cm³/mol. The van der Waals surface area contributed by atoms with Crippen molar-refractivity contribution in [2.45, 2.75) is 25.7 Å². The lowest BCUT2D eigenvalue weighted by atomic mass is 9.83. The molecule has 30 heavy (non-hydrogen) atoms. The number of amides is 1. The smallest absolute Gasteiger partial charge is 0.411 e. The highest BCUT2D eigenvalue weighted by Gasteiger charge is 2.22. The van der Waals surface area contributed by atoms with E-state index in [2.05, 4.69) is 5.32 Å². The second kappa shape index (κ2) is 11.0. The van der Waals surface area contributed by atoms with Gasteiger partial charge in [-0.25, -0.2) is 9.59 Å². The van der Waals surface area contributed by atoms with E-state index >= 15 is 0 Å². The molecule has 1 amide bonds. The van der Waals surface area contributed by atoms with Crippen LogP contribution in [0, 0.1) is 11.8 Å². The number of carboxylic acids is 1. The third-order valence-electron chi connectivity index (χ3n) is 5.30. The van der Waals surface area contributed by atoms with Crippen molar-refractivity contribution in [3.8, 4) is 11.1 Å². The van der Waals surface area contributed by atoms with E-state index in [0.29, 0.717) is 35.8 Å². The van der Waals surface area contributed by atoms with Gasteiger partial charge in [0.25, 0.3) is 0 Å². The zero-order chi connectivity index (χ0) is 21.3. The van der Waals surface area contributed by atoms with Gasteiger partial charge in [-0.15, -0.1) is 0 Å². The van der Waals surface area contributed by atoms with Crippen molar-refractivity contribution in [1.29, 1.82) is 0 Å². The number of anilines is 1. The zero-order valence-corrected chi connectivity index (χ0v) is 17.4. The van der Waals surface area contributed by atoms with Crippen molar-refractivity contribution < 1.29 is 24.2 Å². The molecular weight excluding hydrogens is 406 g/mol. The molecule has 0 saturated heterocycles. The molecule has 160 valence electrons. The quantitative estimate of drug-likeness (QED) is 0.579. The van der Waals surface area contributed by atoms with Gasteiger partial charge in [-0.1, -0.05) is 35.9 Å². The highest BCUT2D eigenvalue weighted by molar-refractivity contribution is 6.30. The van der Waals surface area contributed by atoms with E-state index in [-0.39, 0.29) is 6.61 Å². The number of rotatable bonds is 8. The van der Waals surface area contributed by atoms with E-state index in [0.717, 1.165) is 36.8 Å². The molecule has 7 heteroatoms. The van der Waals surface area contributed by atoms with Gasteiger partial charge in [0.2, 0.25) is 0 Å². The molecular formula is C23H26ClNO5. The number of benzene rings is 2. The molecule has 6 nitrogen and oxygen atoms in total. The first-order valence-electron chi connectivity index (χ1n) is 10.1. The first-order chi connectivity index (χ1) is 14.5. The molecule has 3 rings (SSSR count). The maximum Gasteiger partial charge on any atom is 0.411 e. The van der Waals surface area contributed by atoms with E-state index in [9.17, 15) is 9.59 Å². The minimum absolute atomic E-state index is 0.246. The Labute approximate surface area is 181 Å². The zero-order valence-electron chi connectivity index (χ0n) is 16.7. The number of carboxylic acid groups (broad SMARTS) is 1. The summed E-state index contributed by atoms with van der Waals surface area (Å²) in [5, 5.41) is 12.1. The van der Waals surface area contributed by atoms with Crippen LogP contribution in [-0.4, -0.2) is 37.0 Å². The maximum absolute atomic E-state index is 12.1. The van der Waals surface area contributed by atoms with Crippen molar-refractivity contribution in [3.63, 3.8) is 0 Å². The molecule has 1 aliphatic carbocycles. The fourth-order valence-corrected chi connectivity index (χ4v) is 3.74. The van der Waals surface area contributed by atoms with Crippen molar-refractivity contribution in [3.05, 3.63) is 53.6 Å². The van der Waals surface area contributed by atoms with Crippen LogP contribution < -0.4 is 5.32 Å². The van der Waals surface area contributed by atoms with Crippen LogP contribution in [0.2, 0.25) is 5.02 Å². The highest BCUT2D eigenvalue weighted by atomic mass is 35.5. The Morgan fingerprint density at radius 1 is 0.900 bits per heavy atom. The number of aliphatic carboxylic acids is 1. The Balaban J connectivity index is 1.37. The van der Waals surface area contributed by atoms with E-state index in [1.165, 1.54) is 0 Å². The molecule has 0 aromatic heterocycles. The molecule has 0 heterocycles. The summed E-state index contributed by atoms with van der Waals surface area (Å²) in [5.74, 6) is -0.227. The Kier molecular flexibility index (Phi) is 8.11. The summed E-state index contributed by atoms with van der Waals surface area (Å²) in [6.07, 6.45) is 3.36. The van der Waals surface area contributed by atoms with Crippen LogP contribution >= 0.6 is 11.6 Å². The largest absolute Gasteiger partial charge is 0.480 e. The molecule has 2 aromatic rings. The number of hydrogen-bond acceptors (Lipinski definition) is 4. The van der Waals surface area contributed by atoms with Gasteiger partial charge in [-0.05, 0) is 72.9 Å². The Morgan fingerprint density at radius 3 is 2.00 bits per heavy atom. The van der Waals surface area contributed by atoms with E-state index in [1.54, 1.807) is 0 Å². The molecule has 0 radical (unpaired) electrons. The third kappa shape index (κ3) is 7.04. The average Bonchev–Trinajstić information content (AvgIpc) is 2.74. The minimum Gasteiger partial charge on any atom is -0.480 e. The van der Waals surface area contributed by atoms with Crippen LogP contribution in [0.1, 0.15) is 25.7 Å². The summed E-state index contributed by atoms with van der Waals surface area (Å²) in [6, 6.07) is 15.1. The Hall–Kier alpha value is -2.57. The summed E-state index contributed by atoms with van der Waals surface area (Å²) in [7, 11) is 0. The van der Waals surface area contributed by atoms with Crippen molar-refractivity contribution in [2.75, 3.05) is 25.1 Å². The molecule has 0 bridgehead atoms. The minimum atomic E-state index is -0.942. The SMILES string of the molecule is O=C(O)COC[C@H]1CC[C@@H](COC(=O)Nc2ccc(-c3ccc(Cl)cc3)cc2)CC1. The standard InChI is InChI=1S/C23H26ClNO5/c24-20-9-5-18(6-10-20)19-7-11-21(12-8-19)25-23(28)30-14-17-3-1-16(2-4-17)13-29-15-22(26)27/h5-12,16-17H,1-4,13-15H2,(H,25,28)(H,26,27)/t16-,17+. The summed E-state index contributed by atoms with van der Waals surface area (Å²) >= 11 is 5.92. The van der Waals surface area contributed by atoms with Gasteiger partial charge in [-0.3, -0.25) is 5.32 Å². The number of hydrogen-bond donors (Lipinski definition) is 2. The van der Waals surface area contributed by atoms with Gasteiger partial charge in [-0.2, -0.15) is 0 Å². The van der Waals surface area contributed by atoms with Crippen molar-refractivity contribution >= 4 is 29.4 Å². The number of nitrogens with one attached hydrogen (secondary N) is 1. The van der Waals surface area contributed by atoms with Gasteiger partial charge in [0.05, 0.1) is 13.2 Å². The lowest BCUT2D eigenvalue weighted by Crippen LogP contribution is -2.25. The average molecular weight is 432 g/mol. The Morgan fingerprint density at radius 2 is 1.43 bits per heavy atom. The third-order valence-corrected chi connectivity index (χ3v) is 5.56. The van der Waals surface area contributed by atoms with Crippen LogP contribution in [-0.2, 0) is 14.3 Å². The lowest BCUT2D eigenvalue weighted by Gasteiger charge is -2.27. The summed E-state index contributed by atoms with van der Waals surface area (Å²) in [5.41, 5.74) is 2.77. The number of carbonyl (C=O) groups is 2. The van der Waals surface area contributed by atoms with Crippen LogP contribution in [0.25, 0.3) is 11.1 Å². The maximum atomic E-state index is 12.1. The van der Waals surface area contributed by atoms with E-state index in [4.69, 9.17) is 26.2 Å². The second-order valence-corrected chi connectivity index (χ2v) is 8.04.